The highest BCUT2D eigenvalue weighted by atomic mass is 16.5. The smallest absolute Gasteiger partial charge is 0.341 e. The Kier molecular flexibility index (Phi) is 10.9. The van der Waals surface area contributed by atoms with Gasteiger partial charge >= 0.3 is 11.9 Å². The number of aryl methyl sites for hydroxylation is 3. The third-order valence-electron chi connectivity index (χ3n) is 15.7. The Morgan fingerprint density at radius 3 is 2.44 bits per heavy atom. The number of pyridine rings is 1. The molecule has 0 spiro atoms. The molecule has 0 bridgehead atoms. The van der Waals surface area contributed by atoms with Crippen LogP contribution in [0.4, 0.5) is 5.69 Å². The largest absolute Gasteiger partial charge is 0.481 e. The summed E-state index contributed by atoms with van der Waals surface area (Å²) in [6.45, 7) is 11.1. The molecular formula is C46H62N2O7. The molecule has 4 saturated carbocycles. The van der Waals surface area contributed by atoms with Crippen molar-refractivity contribution in [3.05, 3.63) is 70.4 Å². The molecule has 9 nitrogen and oxygen atoms in total. The first kappa shape index (κ1) is 39.7. The summed E-state index contributed by atoms with van der Waals surface area (Å²) in [7, 11) is 1.39. The van der Waals surface area contributed by atoms with Gasteiger partial charge in [0.1, 0.15) is 5.56 Å². The van der Waals surface area contributed by atoms with Gasteiger partial charge in [0.25, 0.3) is 0 Å². The number of methoxy groups -OCH3 is 1. The molecule has 0 saturated heterocycles. The lowest BCUT2D eigenvalue weighted by Gasteiger charge is -2.64. The average molecular weight is 755 g/mol. The van der Waals surface area contributed by atoms with Crippen molar-refractivity contribution >= 4 is 28.5 Å². The van der Waals surface area contributed by atoms with Crippen LogP contribution in [0.1, 0.15) is 118 Å². The van der Waals surface area contributed by atoms with Crippen LogP contribution in [0.3, 0.4) is 0 Å². The number of fused-ring (bicyclic) bond motifs is 6. The Hall–Kier alpha value is -3.53. The van der Waals surface area contributed by atoms with E-state index in [0.717, 1.165) is 65.4 Å². The number of nitrogens with zero attached hydrogens (tertiary/aromatic N) is 1. The Labute approximate surface area is 326 Å². The van der Waals surface area contributed by atoms with Crippen molar-refractivity contribution in [1.29, 1.82) is 0 Å². The van der Waals surface area contributed by atoms with Gasteiger partial charge in [-0.25, -0.2) is 4.79 Å². The summed E-state index contributed by atoms with van der Waals surface area (Å²) in [4.78, 5) is 28.9. The second kappa shape index (κ2) is 15.1. The monoisotopic (exact) mass is 754 g/mol. The van der Waals surface area contributed by atoms with Gasteiger partial charge in [-0.2, -0.15) is 0 Å². The molecule has 4 aliphatic carbocycles. The number of aliphatic hydroxyl groups is 3. The van der Waals surface area contributed by atoms with Gasteiger partial charge in [-0.3, -0.25) is 9.78 Å². The molecule has 0 radical (unpaired) electrons. The van der Waals surface area contributed by atoms with E-state index in [0.29, 0.717) is 49.9 Å². The minimum absolute atomic E-state index is 0.0505. The van der Waals surface area contributed by atoms with E-state index in [-0.39, 0.29) is 52.8 Å². The van der Waals surface area contributed by atoms with Crippen LogP contribution in [0.2, 0.25) is 0 Å². The van der Waals surface area contributed by atoms with Crippen molar-refractivity contribution in [2.45, 2.75) is 130 Å². The molecule has 9 heteroatoms. The summed E-state index contributed by atoms with van der Waals surface area (Å²) >= 11 is 0. The fourth-order valence-electron chi connectivity index (χ4n) is 12.5. The number of carbonyl (C=O) groups excluding carboxylic acids is 1. The first-order valence-electron chi connectivity index (χ1n) is 20.7. The molecule has 4 aliphatic rings. The van der Waals surface area contributed by atoms with E-state index in [1.54, 1.807) is 0 Å². The second-order valence-corrected chi connectivity index (χ2v) is 18.5. The molecule has 10 unspecified atom stereocenters. The van der Waals surface area contributed by atoms with E-state index in [1.165, 1.54) is 7.11 Å². The number of aromatic nitrogens is 1. The molecule has 3 aromatic rings. The summed E-state index contributed by atoms with van der Waals surface area (Å²) in [6, 6.07) is 14.4. The van der Waals surface area contributed by atoms with E-state index in [1.807, 2.05) is 32.0 Å². The Morgan fingerprint density at radius 1 is 1.00 bits per heavy atom. The molecule has 5 N–H and O–H groups in total. The highest BCUT2D eigenvalue weighted by Gasteiger charge is 2.66. The molecular weight excluding hydrogens is 693 g/mol. The molecule has 1 heterocycles. The van der Waals surface area contributed by atoms with Crippen molar-refractivity contribution in [1.82, 2.24) is 4.98 Å². The van der Waals surface area contributed by atoms with Gasteiger partial charge < -0.3 is 30.5 Å². The summed E-state index contributed by atoms with van der Waals surface area (Å²) in [5, 5.41) is 49.6. The third kappa shape index (κ3) is 7.07. The molecule has 11 atom stereocenters. The van der Waals surface area contributed by atoms with E-state index in [2.05, 4.69) is 55.3 Å². The van der Waals surface area contributed by atoms with E-state index in [4.69, 9.17) is 4.74 Å². The number of nitrogens with one attached hydrogen (secondary N) is 1. The number of hydrogen-bond donors (Lipinski definition) is 5. The standard InChI is InChI=1S/C46H62N2O7/c1-26(10-17-38(51)52)32-15-16-33-41-34(23-37(50)45(32,33)5)44(4)20-21-46(54,24-31(44)22-36(41)49)19-18-29-11-13-30(14-12-29)25-47-42-39-27(2)8-7-9-35(39)48-28(3)40(42)43(53)55-6/h7-9,11-14,26,31-34,36-37,41,49-50,54H,10,15-25H2,1-6H3,(H,47,48)(H,51,52)/t26?,31?,32-,33?,34?,36?,37?,41?,44?,45?,46?/m1/s1. The van der Waals surface area contributed by atoms with Gasteiger partial charge in [-0.1, -0.05) is 57.2 Å². The first-order chi connectivity index (χ1) is 26.1. The normalized spacial score (nSPS) is 34.7. The molecule has 2 aromatic carbocycles. The molecule has 0 amide bonds. The van der Waals surface area contributed by atoms with Crippen molar-refractivity contribution in [2.75, 3.05) is 12.4 Å². The van der Waals surface area contributed by atoms with Gasteiger partial charge in [-0.15, -0.1) is 0 Å². The molecule has 1 aromatic heterocycles. The Morgan fingerprint density at radius 2 is 1.73 bits per heavy atom. The predicted octanol–water partition coefficient (Wildman–Crippen LogP) is 8.02. The number of aliphatic hydroxyl groups excluding tert-OH is 2. The lowest BCUT2D eigenvalue weighted by Crippen LogP contribution is -2.63. The van der Waals surface area contributed by atoms with Crippen LogP contribution in [-0.2, 0) is 22.5 Å². The topological polar surface area (TPSA) is 149 Å². The third-order valence-corrected chi connectivity index (χ3v) is 15.7. The van der Waals surface area contributed by atoms with Crippen LogP contribution < -0.4 is 5.32 Å². The minimum atomic E-state index is -0.806. The fourth-order valence-corrected chi connectivity index (χ4v) is 12.5. The second-order valence-electron chi connectivity index (χ2n) is 18.5. The van der Waals surface area contributed by atoms with Crippen LogP contribution in [-0.4, -0.2) is 62.3 Å². The quantitative estimate of drug-likeness (QED) is 0.123. The van der Waals surface area contributed by atoms with Gasteiger partial charge in [0, 0.05) is 18.4 Å². The highest BCUT2D eigenvalue weighted by molar-refractivity contribution is 6.07. The maximum absolute atomic E-state index is 12.8. The van der Waals surface area contributed by atoms with Gasteiger partial charge in [0.15, 0.2) is 0 Å². The number of ether oxygens (including phenoxy) is 1. The number of carboxylic acid groups (broad SMARTS) is 1. The number of esters is 1. The van der Waals surface area contributed by atoms with Gasteiger partial charge in [0.05, 0.1) is 41.8 Å². The van der Waals surface area contributed by atoms with Gasteiger partial charge in [-0.05, 0) is 147 Å². The van der Waals surface area contributed by atoms with Crippen molar-refractivity contribution in [3.63, 3.8) is 0 Å². The van der Waals surface area contributed by atoms with Crippen LogP contribution >= 0.6 is 0 Å². The molecule has 7 rings (SSSR count). The molecule has 4 fully saturated rings. The fraction of sp³-hybridized carbons (Fsp3) is 0.630. The molecule has 298 valence electrons. The minimum Gasteiger partial charge on any atom is -0.481 e. The number of hydrogen-bond acceptors (Lipinski definition) is 8. The lowest BCUT2D eigenvalue weighted by atomic mass is 9.42. The maximum Gasteiger partial charge on any atom is 0.341 e. The number of carbonyl (C=O) groups is 2. The summed E-state index contributed by atoms with van der Waals surface area (Å²) in [5.41, 5.74) is 4.71. The zero-order valence-electron chi connectivity index (χ0n) is 33.6. The van der Waals surface area contributed by atoms with Gasteiger partial charge in [0.2, 0.25) is 0 Å². The number of rotatable bonds is 11. The molecule has 55 heavy (non-hydrogen) atoms. The van der Waals surface area contributed by atoms with Crippen molar-refractivity contribution < 1.29 is 34.8 Å². The maximum atomic E-state index is 12.8. The van der Waals surface area contributed by atoms with Crippen LogP contribution in [0.15, 0.2) is 42.5 Å². The number of carboxylic acids is 1. The summed E-state index contributed by atoms with van der Waals surface area (Å²) in [5.74, 6) is 0.0124. The summed E-state index contributed by atoms with van der Waals surface area (Å²) < 4.78 is 5.13. The highest BCUT2D eigenvalue weighted by Crippen LogP contribution is 2.69. The van der Waals surface area contributed by atoms with E-state index in [9.17, 15) is 30.0 Å². The number of anilines is 1. The average Bonchev–Trinajstić information content (AvgIpc) is 3.51. The predicted molar refractivity (Wildman–Crippen MR) is 214 cm³/mol. The molecule has 0 aliphatic heterocycles. The summed E-state index contributed by atoms with van der Waals surface area (Å²) in [6.07, 6.45) is 6.82. The van der Waals surface area contributed by atoms with Crippen LogP contribution in [0, 0.1) is 60.2 Å². The Balaban J connectivity index is 0.995. The number of aliphatic carboxylic acids is 1. The Bertz CT molecular complexity index is 1910. The van der Waals surface area contributed by atoms with Crippen molar-refractivity contribution in [3.8, 4) is 0 Å². The van der Waals surface area contributed by atoms with E-state index < -0.39 is 29.7 Å². The van der Waals surface area contributed by atoms with Crippen LogP contribution in [0.25, 0.3) is 10.9 Å². The zero-order valence-corrected chi connectivity index (χ0v) is 33.6. The zero-order chi connectivity index (χ0) is 39.4. The SMILES string of the molecule is COC(=O)c1c(C)nc2cccc(C)c2c1NCc1ccc(CCC2(O)CCC3(C)C(CC(O)C4C3CC(O)C3(C)C4CC[C@@H]3C(C)CCC(=O)O)C2)cc1. The van der Waals surface area contributed by atoms with E-state index >= 15 is 0 Å². The van der Waals surface area contributed by atoms with Crippen molar-refractivity contribution in [2.24, 2.45) is 46.3 Å². The first-order valence-corrected chi connectivity index (χ1v) is 20.7. The van der Waals surface area contributed by atoms with Crippen LogP contribution in [0.5, 0.6) is 0 Å². The lowest BCUT2D eigenvalue weighted by molar-refractivity contribution is -0.216. The number of benzene rings is 2.